The first-order valence-corrected chi connectivity index (χ1v) is 10.3. The van der Waals surface area contributed by atoms with Gasteiger partial charge >= 0.3 is 0 Å². The van der Waals surface area contributed by atoms with Crippen LogP contribution < -0.4 is 9.47 Å². The monoisotopic (exact) mass is 428 g/mol. The van der Waals surface area contributed by atoms with Gasteiger partial charge < -0.3 is 14.0 Å². The summed E-state index contributed by atoms with van der Waals surface area (Å²) in [4.78, 5) is 2.32. The van der Waals surface area contributed by atoms with E-state index in [1.54, 1.807) is 41.7 Å². The number of nitrogens with zero attached hydrogens (tertiary/aromatic N) is 4. The largest absolute Gasteiger partial charge is 0.497 e. The average molecular weight is 429 g/mol. The molecule has 158 valence electrons. The Balaban J connectivity index is 1.66. The fourth-order valence-electron chi connectivity index (χ4n) is 4.08. The summed E-state index contributed by atoms with van der Waals surface area (Å²) in [6.07, 6.45) is 2.06. The van der Waals surface area contributed by atoms with Crippen LogP contribution in [0.2, 0.25) is 0 Å². The van der Waals surface area contributed by atoms with Crippen molar-refractivity contribution in [3.05, 3.63) is 58.6 Å². The van der Waals surface area contributed by atoms with Crippen LogP contribution in [0.15, 0.2) is 42.5 Å². The first-order valence-electron chi connectivity index (χ1n) is 9.88. The summed E-state index contributed by atoms with van der Waals surface area (Å²) in [7, 11) is 5.16. The van der Waals surface area contributed by atoms with Crippen LogP contribution in [-0.4, -0.2) is 40.0 Å². The molecule has 0 radical (unpaired) electrons. The molecule has 1 aromatic heterocycles. The first-order chi connectivity index (χ1) is 14.5. The van der Waals surface area contributed by atoms with E-state index < -0.39 is 0 Å². The molecule has 4 rings (SSSR count). The molecule has 2 aromatic carbocycles. The van der Waals surface area contributed by atoms with Crippen molar-refractivity contribution in [3.63, 3.8) is 0 Å². The molecular weight excluding hydrogens is 403 g/mol. The van der Waals surface area contributed by atoms with E-state index in [0.717, 1.165) is 36.4 Å². The van der Waals surface area contributed by atoms with Gasteiger partial charge in [-0.2, -0.15) is 5.10 Å². The number of rotatable bonds is 6. The van der Waals surface area contributed by atoms with Crippen LogP contribution in [0.5, 0.6) is 11.5 Å². The van der Waals surface area contributed by atoms with Crippen molar-refractivity contribution in [2.24, 2.45) is 7.05 Å². The Morgan fingerprint density at radius 2 is 1.97 bits per heavy atom. The zero-order valence-corrected chi connectivity index (χ0v) is 18.2. The van der Waals surface area contributed by atoms with Gasteiger partial charge in [0.2, 0.25) is 0 Å². The molecule has 1 atom stereocenters. The van der Waals surface area contributed by atoms with Gasteiger partial charge in [-0.25, -0.2) is 9.07 Å². The van der Waals surface area contributed by atoms with Gasteiger partial charge in [-0.15, -0.1) is 0 Å². The third kappa shape index (κ3) is 3.73. The SMILES string of the molecule is COc1ccc(OC)c(C2CCCN2Cn2nc(-c3ccccc3F)n(C)c2=S)c1. The standard InChI is InChI=1S/C22H25FN4O2S/c1-25-21(16-7-4-5-8-18(16)23)24-27(22(25)30)14-26-12-6-9-19(26)17-13-15(28-2)10-11-20(17)29-3/h4-5,7-8,10-11,13,19H,6,9,12,14H2,1-3H3. The molecule has 1 fully saturated rings. The maximum absolute atomic E-state index is 14.3. The Morgan fingerprint density at radius 1 is 1.17 bits per heavy atom. The minimum atomic E-state index is -0.312. The summed E-state index contributed by atoms with van der Waals surface area (Å²) in [5, 5.41) is 4.65. The molecule has 1 aliphatic rings. The highest BCUT2D eigenvalue weighted by atomic mass is 32.1. The number of hydrogen-bond donors (Lipinski definition) is 0. The molecule has 3 aromatic rings. The van der Waals surface area contributed by atoms with Gasteiger partial charge in [-0.05, 0) is 55.4 Å². The number of likely N-dealkylation sites (tertiary alicyclic amines) is 1. The van der Waals surface area contributed by atoms with Gasteiger partial charge in [0.05, 0.1) is 26.5 Å². The van der Waals surface area contributed by atoms with Crippen LogP contribution in [-0.2, 0) is 13.7 Å². The highest BCUT2D eigenvalue weighted by Crippen LogP contribution is 2.39. The van der Waals surface area contributed by atoms with E-state index in [2.05, 4.69) is 10.00 Å². The van der Waals surface area contributed by atoms with Crippen molar-refractivity contribution >= 4 is 12.2 Å². The minimum absolute atomic E-state index is 0.163. The van der Waals surface area contributed by atoms with Crippen molar-refractivity contribution in [2.45, 2.75) is 25.6 Å². The lowest BCUT2D eigenvalue weighted by Crippen LogP contribution is -2.27. The van der Waals surface area contributed by atoms with E-state index in [1.165, 1.54) is 6.07 Å². The van der Waals surface area contributed by atoms with Gasteiger partial charge in [-0.1, -0.05) is 12.1 Å². The number of aromatic nitrogens is 3. The Hall–Kier alpha value is -2.71. The van der Waals surface area contributed by atoms with Crippen molar-refractivity contribution in [3.8, 4) is 22.9 Å². The van der Waals surface area contributed by atoms with Crippen molar-refractivity contribution < 1.29 is 13.9 Å². The molecule has 0 bridgehead atoms. The smallest absolute Gasteiger partial charge is 0.199 e. The van der Waals surface area contributed by atoms with Crippen LogP contribution >= 0.6 is 12.2 Å². The first kappa shape index (κ1) is 20.6. The summed E-state index contributed by atoms with van der Waals surface area (Å²) in [5.41, 5.74) is 1.53. The second-order valence-electron chi connectivity index (χ2n) is 7.36. The molecule has 0 spiro atoms. The molecule has 8 heteroatoms. The molecular formula is C22H25FN4O2S. The molecule has 1 saturated heterocycles. The quantitative estimate of drug-likeness (QED) is 0.538. The zero-order chi connectivity index (χ0) is 21.3. The number of halogens is 1. The molecule has 2 heterocycles. The van der Waals surface area contributed by atoms with E-state index in [9.17, 15) is 4.39 Å². The van der Waals surface area contributed by atoms with E-state index >= 15 is 0 Å². The molecule has 0 N–H and O–H groups in total. The third-order valence-corrected chi connectivity index (χ3v) is 6.12. The fourth-order valence-corrected chi connectivity index (χ4v) is 4.26. The van der Waals surface area contributed by atoms with Gasteiger partial charge in [0.1, 0.15) is 17.3 Å². The molecule has 1 unspecified atom stereocenters. The third-order valence-electron chi connectivity index (χ3n) is 5.63. The van der Waals surface area contributed by atoms with Gasteiger partial charge in [0, 0.05) is 25.2 Å². The topological polar surface area (TPSA) is 44.5 Å². The van der Waals surface area contributed by atoms with E-state index in [-0.39, 0.29) is 11.9 Å². The van der Waals surface area contributed by atoms with Crippen molar-refractivity contribution in [1.29, 1.82) is 0 Å². The Kier molecular flexibility index (Phi) is 5.87. The molecule has 1 aliphatic heterocycles. The lowest BCUT2D eigenvalue weighted by Gasteiger charge is -2.26. The van der Waals surface area contributed by atoms with Crippen LogP contribution in [0.1, 0.15) is 24.4 Å². The molecule has 0 aliphatic carbocycles. The van der Waals surface area contributed by atoms with Gasteiger partial charge in [0.25, 0.3) is 0 Å². The lowest BCUT2D eigenvalue weighted by molar-refractivity contribution is 0.186. The zero-order valence-electron chi connectivity index (χ0n) is 17.3. The average Bonchev–Trinajstić information content (AvgIpc) is 3.34. The molecule has 0 saturated carbocycles. The second-order valence-corrected chi connectivity index (χ2v) is 7.73. The summed E-state index contributed by atoms with van der Waals surface area (Å²) in [6.45, 7) is 1.44. The normalized spacial score (nSPS) is 16.7. The number of ether oxygens (including phenoxy) is 2. The predicted octanol–water partition coefficient (Wildman–Crippen LogP) is 4.57. The summed E-state index contributed by atoms with van der Waals surface area (Å²) in [6, 6.07) is 12.7. The second kappa shape index (κ2) is 8.57. The van der Waals surface area contributed by atoms with E-state index in [0.29, 0.717) is 22.8 Å². The maximum atomic E-state index is 14.3. The Labute approximate surface area is 180 Å². The van der Waals surface area contributed by atoms with Crippen molar-refractivity contribution in [1.82, 2.24) is 19.2 Å². The lowest BCUT2D eigenvalue weighted by atomic mass is 10.0. The van der Waals surface area contributed by atoms with Crippen molar-refractivity contribution in [2.75, 3.05) is 20.8 Å². The molecule has 0 amide bonds. The van der Waals surface area contributed by atoms with Crippen LogP contribution in [0, 0.1) is 10.6 Å². The fraction of sp³-hybridized carbons (Fsp3) is 0.364. The van der Waals surface area contributed by atoms with Crippen LogP contribution in [0.25, 0.3) is 11.4 Å². The predicted molar refractivity (Wildman–Crippen MR) is 116 cm³/mol. The summed E-state index contributed by atoms with van der Waals surface area (Å²) in [5.74, 6) is 1.85. The van der Waals surface area contributed by atoms with E-state index in [1.807, 2.05) is 25.2 Å². The maximum Gasteiger partial charge on any atom is 0.199 e. The molecule has 6 nitrogen and oxygen atoms in total. The number of benzene rings is 2. The molecule has 30 heavy (non-hydrogen) atoms. The summed E-state index contributed by atoms with van der Waals surface area (Å²) >= 11 is 5.61. The van der Waals surface area contributed by atoms with E-state index in [4.69, 9.17) is 21.7 Å². The van der Waals surface area contributed by atoms with Gasteiger partial charge in [-0.3, -0.25) is 4.90 Å². The highest BCUT2D eigenvalue weighted by Gasteiger charge is 2.29. The van der Waals surface area contributed by atoms with Crippen LogP contribution in [0.3, 0.4) is 0 Å². The number of methoxy groups -OCH3 is 2. The Bertz CT molecular complexity index is 1110. The highest BCUT2D eigenvalue weighted by molar-refractivity contribution is 7.71. The number of hydrogen-bond acceptors (Lipinski definition) is 5. The van der Waals surface area contributed by atoms with Crippen LogP contribution in [0.4, 0.5) is 4.39 Å². The minimum Gasteiger partial charge on any atom is -0.497 e. The Morgan fingerprint density at radius 3 is 2.70 bits per heavy atom. The van der Waals surface area contributed by atoms with Gasteiger partial charge in [0.15, 0.2) is 10.6 Å². The summed E-state index contributed by atoms with van der Waals surface area (Å²) < 4.78 is 29.4.